The molecule has 0 unspecified atom stereocenters. The lowest BCUT2D eigenvalue weighted by Gasteiger charge is -2.26. The van der Waals surface area contributed by atoms with Gasteiger partial charge in [-0.1, -0.05) is 24.1 Å². The predicted molar refractivity (Wildman–Crippen MR) is 154 cm³/mol. The number of aryl methyl sites for hydroxylation is 2. The number of fused-ring (bicyclic) bond motifs is 2. The molecule has 0 spiro atoms. The van der Waals surface area contributed by atoms with Crippen LogP contribution in [0.1, 0.15) is 30.4 Å². The molecule has 0 saturated carbocycles. The quantitative estimate of drug-likeness (QED) is 0.264. The van der Waals surface area contributed by atoms with Gasteiger partial charge in [0.05, 0.1) is 28.8 Å². The predicted octanol–water partition coefficient (Wildman–Crippen LogP) is 6.74. The lowest BCUT2D eigenvalue weighted by molar-refractivity contribution is 0.221. The van der Waals surface area contributed by atoms with Crippen molar-refractivity contribution < 1.29 is 4.39 Å². The normalized spacial score (nSPS) is 14.5. The van der Waals surface area contributed by atoms with Crippen LogP contribution in [0.4, 0.5) is 4.39 Å². The highest BCUT2D eigenvalue weighted by molar-refractivity contribution is 7.13. The molecule has 1 N–H and O–H groups in total. The molecule has 9 heteroatoms. The van der Waals surface area contributed by atoms with Gasteiger partial charge in [0.25, 0.3) is 0 Å². The van der Waals surface area contributed by atoms with Gasteiger partial charge in [0.1, 0.15) is 16.9 Å². The number of rotatable bonds is 5. The highest BCUT2D eigenvalue weighted by atomic mass is 32.1. The van der Waals surface area contributed by atoms with Crippen LogP contribution in [0.2, 0.25) is 0 Å². The van der Waals surface area contributed by atoms with E-state index in [0.717, 1.165) is 52.2 Å². The number of halogens is 1. The Hall–Kier alpha value is -3.95. The molecule has 1 aliphatic rings. The van der Waals surface area contributed by atoms with Crippen LogP contribution in [-0.4, -0.2) is 47.7 Å². The second-order valence-electron chi connectivity index (χ2n) is 10.3. The maximum Gasteiger partial charge on any atom is 0.161 e. The molecule has 0 bridgehead atoms. The average molecular weight is 538 g/mol. The number of pyridine rings is 2. The third-order valence-corrected chi connectivity index (χ3v) is 8.41. The highest BCUT2D eigenvalue weighted by Gasteiger charge is 2.23. The van der Waals surface area contributed by atoms with Crippen LogP contribution in [0.15, 0.2) is 54.3 Å². The van der Waals surface area contributed by atoms with Gasteiger partial charge < -0.3 is 4.98 Å². The van der Waals surface area contributed by atoms with Gasteiger partial charge in [-0.25, -0.2) is 9.37 Å². The summed E-state index contributed by atoms with van der Waals surface area (Å²) < 4.78 is 18.1. The molecule has 6 aromatic rings. The number of aromatic amines is 1. The van der Waals surface area contributed by atoms with Crippen molar-refractivity contribution in [2.45, 2.75) is 32.7 Å². The van der Waals surface area contributed by atoms with Crippen molar-refractivity contribution in [3.05, 3.63) is 71.2 Å². The molecule has 0 amide bonds. The molecule has 6 heterocycles. The average Bonchev–Trinajstić information content (AvgIpc) is 3.68. The van der Waals surface area contributed by atoms with E-state index in [9.17, 15) is 0 Å². The first-order valence-corrected chi connectivity index (χ1v) is 14.2. The third-order valence-electron chi connectivity index (χ3n) is 7.51. The molecule has 7 nitrogen and oxygen atoms in total. The van der Waals surface area contributed by atoms with Crippen LogP contribution in [0.5, 0.6) is 0 Å². The fraction of sp³-hybridized carbons (Fsp3) is 0.267. The molecule has 7 rings (SSSR count). The number of benzene rings is 1. The van der Waals surface area contributed by atoms with Crippen molar-refractivity contribution in [1.82, 2.24) is 34.6 Å². The van der Waals surface area contributed by atoms with Crippen molar-refractivity contribution in [2.24, 2.45) is 7.05 Å². The second kappa shape index (κ2) is 9.66. The van der Waals surface area contributed by atoms with Crippen LogP contribution in [0.3, 0.4) is 0 Å². The summed E-state index contributed by atoms with van der Waals surface area (Å²) in [7, 11) is 1.80. The standard InChI is InChI=1S/C30H28FN7S/c1-18-11-19(17-38-8-4-3-5-9-38)13-20(12-18)27-26(31)25-23(16-33-27)37(2)36-29(25)30-34-22-15-32-14-21(28(22)35-30)24-7-6-10-39-24/h6-7,10-16H,3-5,8-9,17H2,1-2H3,(H,34,35). The summed E-state index contributed by atoms with van der Waals surface area (Å²) in [5.41, 5.74) is 6.98. The summed E-state index contributed by atoms with van der Waals surface area (Å²) in [5, 5.41) is 7.11. The van der Waals surface area contributed by atoms with E-state index in [1.807, 2.05) is 29.8 Å². The molecular weight excluding hydrogens is 509 g/mol. The number of hydrogen-bond donors (Lipinski definition) is 1. The van der Waals surface area contributed by atoms with Crippen molar-refractivity contribution in [3.8, 4) is 33.2 Å². The number of H-pyrrole nitrogens is 1. The minimum atomic E-state index is -0.387. The molecule has 39 heavy (non-hydrogen) atoms. The van der Waals surface area contributed by atoms with E-state index in [1.54, 1.807) is 35.5 Å². The maximum absolute atomic E-state index is 16.4. The summed E-state index contributed by atoms with van der Waals surface area (Å²) in [6, 6.07) is 10.3. The Morgan fingerprint density at radius 2 is 1.92 bits per heavy atom. The van der Waals surface area contributed by atoms with E-state index < -0.39 is 0 Å². The number of thiophene rings is 1. The third kappa shape index (κ3) is 4.31. The van der Waals surface area contributed by atoms with Gasteiger partial charge in [0.15, 0.2) is 11.6 Å². The first-order chi connectivity index (χ1) is 19.0. The maximum atomic E-state index is 16.4. The van der Waals surface area contributed by atoms with Crippen LogP contribution < -0.4 is 0 Å². The van der Waals surface area contributed by atoms with Gasteiger partial charge in [-0.3, -0.25) is 19.5 Å². The number of nitrogens with zero attached hydrogens (tertiary/aromatic N) is 6. The zero-order valence-electron chi connectivity index (χ0n) is 21.9. The fourth-order valence-electron chi connectivity index (χ4n) is 5.69. The monoisotopic (exact) mass is 537 g/mol. The van der Waals surface area contributed by atoms with E-state index >= 15 is 4.39 Å². The molecule has 1 saturated heterocycles. The summed E-state index contributed by atoms with van der Waals surface area (Å²) in [4.78, 5) is 20.7. The Morgan fingerprint density at radius 3 is 2.74 bits per heavy atom. The molecular formula is C30H28FN7S. The number of likely N-dealkylation sites (tertiary alicyclic amines) is 1. The van der Waals surface area contributed by atoms with Crippen LogP contribution in [0, 0.1) is 12.7 Å². The fourth-order valence-corrected chi connectivity index (χ4v) is 6.43. The molecule has 0 radical (unpaired) electrons. The van der Waals surface area contributed by atoms with E-state index in [0.29, 0.717) is 28.1 Å². The molecule has 1 aromatic carbocycles. The van der Waals surface area contributed by atoms with Crippen LogP contribution in [0.25, 0.3) is 55.2 Å². The topological polar surface area (TPSA) is 75.5 Å². The summed E-state index contributed by atoms with van der Waals surface area (Å²) >= 11 is 1.63. The van der Waals surface area contributed by atoms with Crippen molar-refractivity contribution in [2.75, 3.05) is 13.1 Å². The minimum Gasteiger partial charge on any atom is -0.335 e. The zero-order chi connectivity index (χ0) is 26.5. The second-order valence-corrected chi connectivity index (χ2v) is 11.3. The molecule has 0 aliphatic carbocycles. The Kier molecular flexibility index (Phi) is 5.97. The molecule has 5 aromatic heterocycles. The Balaban J connectivity index is 1.34. The minimum absolute atomic E-state index is 0.331. The molecule has 0 atom stereocenters. The number of aromatic nitrogens is 6. The first-order valence-electron chi connectivity index (χ1n) is 13.3. The van der Waals surface area contributed by atoms with Crippen molar-refractivity contribution >= 4 is 33.3 Å². The lowest BCUT2D eigenvalue weighted by Crippen LogP contribution is -2.29. The van der Waals surface area contributed by atoms with E-state index in [4.69, 9.17) is 4.98 Å². The number of imidazole rings is 1. The molecule has 1 aliphatic heterocycles. The molecule has 1 fully saturated rings. The summed E-state index contributed by atoms with van der Waals surface area (Å²) in [5.74, 6) is 0.120. The number of piperidine rings is 1. The molecule has 196 valence electrons. The van der Waals surface area contributed by atoms with E-state index in [1.165, 1.54) is 24.8 Å². The number of nitrogens with one attached hydrogen (secondary N) is 1. The van der Waals surface area contributed by atoms with E-state index in [2.05, 4.69) is 44.0 Å². The number of hydrogen-bond acceptors (Lipinski definition) is 6. The highest BCUT2D eigenvalue weighted by Crippen LogP contribution is 2.36. The SMILES string of the molecule is Cc1cc(CN2CCCCC2)cc(-c2ncc3c(c(-c4nc5c(-c6cccs6)cncc5[nH]4)nn3C)c2F)c1. The summed E-state index contributed by atoms with van der Waals surface area (Å²) in [6.45, 7) is 5.16. The van der Waals surface area contributed by atoms with E-state index in [-0.39, 0.29) is 5.82 Å². The summed E-state index contributed by atoms with van der Waals surface area (Å²) in [6.07, 6.45) is 9.04. The Labute approximate surface area is 229 Å². The zero-order valence-corrected chi connectivity index (χ0v) is 22.7. The van der Waals surface area contributed by atoms with Crippen molar-refractivity contribution in [3.63, 3.8) is 0 Å². The Morgan fingerprint density at radius 1 is 1.05 bits per heavy atom. The van der Waals surface area contributed by atoms with Crippen molar-refractivity contribution in [1.29, 1.82) is 0 Å². The first kappa shape index (κ1) is 24.1. The van der Waals surface area contributed by atoms with Gasteiger partial charge in [0.2, 0.25) is 0 Å². The van der Waals surface area contributed by atoms with Gasteiger partial charge in [-0.05, 0) is 62.0 Å². The van der Waals surface area contributed by atoms with Gasteiger partial charge >= 0.3 is 0 Å². The van der Waals surface area contributed by atoms with Crippen LogP contribution in [-0.2, 0) is 13.6 Å². The Bertz CT molecular complexity index is 1810. The van der Waals surface area contributed by atoms with Gasteiger partial charge in [-0.2, -0.15) is 5.10 Å². The lowest BCUT2D eigenvalue weighted by atomic mass is 10.0. The van der Waals surface area contributed by atoms with Gasteiger partial charge in [-0.15, -0.1) is 11.3 Å². The largest absolute Gasteiger partial charge is 0.335 e. The van der Waals surface area contributed by atoms with Crippen LogP contribution >= 0.6 is 11.3 Å². The smallest absolute Gasteiger partial charge is 0.161 e. The van der Waals surface area contributed by atoms with Gasteiger partial charge in [0, 0.05) is 35.8 Å².